The van der Waals surface area contributed by atoms with Crippen LogP contribution in [0.2, 0.25) is 0 Å². The average molecular weight is 164 g/mol. The zero-order chi connectivity index (χ0) is 8.97. The Balaban J connectivity index is 2.74. The minimum atomic E-state index is 0.959. The molecule has 0 radical (unpaired) electrons. The maximum Gasteiger partial charge on any atom is 0.0596 e. The first-order valence-corrected chi connectivity index (χ1v) is 4.42. The predicted octanol–water partition coefficient (Wildman–Crippen LogP) is 2.33. The van der Waals surface area contributed by atoms with Gasteiger partial charge in [-0.05, 0) is 32.8 Å². The van der Waals surface area contributed by atoms with Crippen LogP contribution in [0.4, 0.5) is 0 Å². The maximum absolute atomic E-state index is 4.36. The van der Waals surface area contributed by atoms with Gasteiger partial charge in [0.2, 0.25) is 0 Å². The summed E-state index contributed by atoms with van der Waals surface area (Å²) in [6.07, 6.45) is 4.03. The second-order valence-electron chi connectivity index (χ2n) is 2.92. The van der Waals surface area contributed by atoms with Crippen molar-refractivity contribution in [2.75, 3.05) is 0 Å². The highest BCUT2D eigenvalue weighted by atomic mass is 15.3. The topological polar surface area (TPSA) is 17.8 Å². The van der Waals surface area contributed by atoms with Gasteiger partial charge in [-0.15, -0.1) is 6.58 Å². The molecule has 0 bridgehead atoms. The fourth-order valence-corrected chi connectivity index (χ4v) is 1.32. The molecule has 0 aliphatic rings. The Morgan fingerprint density at radius 2 is 2.42 bits per heavy atom. The van der Waals surface area contributed by atoms with E-state index in [1.165, 1.54) is 5.69 Å². The highest BCUT2D eigenvalue weighted by Crippen LogP contribution is 2.06. The number of hydrogen-bond acceptors (Lipinski definition) is 1. The Labute approximate surface area is 73.9 Å². The van der Waals surface area contributed by atoms with E-state index in [9.17, 15) is 0 Å². The largest absolute Gasteiger partial charge is 0.270 e. The first-order chi connectivity index (χ1) is 5.77. The molecule has 0 aliphatic carbocycles. The summed E-state index contributed by atoms with van der Waals surface area (Å²) in [5.74, 6) is 0. The van der Waals surface area contributed by atoms with Crippen molar-refractivity contribution in [3.05, 3.63) is 30.1 Å². The van der Waals surface area contributed by atoms with Crippen LogP contribution in [-0.2, 0) is 13.0 Å². The monoisotopic (exact) mass is 164 g/mol. The Morgan fingerprint density at radius 1 is 1.67 bits per heavy atom. The van der Waals surface area contributed by atoms with E-state index >= 15 is 0 Å². The lowest BCUT2D eigenvalue weighted by molar-refractivity contribution is 0.616. The molecule has 0 spiro atoms. The number of allylic oxidation sites excluding steroid dienone is 1. The molecule has 1 rings (SSSR count). The third-order valence-corrected chi connectivity index (χ3v) is 1.89. The van der Waals surface area contributed by atoms with E-state index in [1.54, 1.807) is 0 Å². The van der Waals surface area contributed by atoms with Crippen molar-refractivity contribution in [3.63, 3.8) is 0 Å². The predicted molar refractivity (Wildman–Crippen MR) is 51.2 cm³/mol. The maximum atomic E-state index is 4.36. The summed E-state index contributed by atoms with van der Waals surface area (Å²) in [7, 11) is 0. The third-order valence-electron chi connectivity index (χ3n) is 1.89. The number of aromatic nitrogens is 2. The molecule has 0 N–H and O–H groups in total. The van der Waals surface area contributed by atoms with Crippen LogP contribution in [-0.4, -0.2) is 9.78 Å². The zero-order valence-corrected chi connectivity index (χ0v) is 7.88. The quantitative estimate of drug-likeness (QED) is 0.624. The summed E-state index contributed by atoms with van der Waals surface area (Å²) in [6.45, 7) is 8.81. The van der Waals surface area contributed by atoms with Gasteiger partial charge in [0.25, 0.3) is 0 Å². The van der Waals surface area contributed by atoms with Crippen LogP contribution in [0, 0.1) is 6.92 Å². The second kappa shape index (κ2) is 4.10. The van der Waals surface area contributed by atoms with Gasteiger partial charge in [0.1, 0.15) is 0 Å². The number of hydrogen-bond donors (Lipinski definition) is 0. The molecule has 0 aliphatic heterocycles. The summed E-state index contributed by atoms with van der Waals surface area (Å²) in [4.78, 5) is 0. The molecule has 0 amide bonds. The molecule has 12 heavy (non-hydrogen) atoms. The summed E-state index contributed by atoms with van der Waals surface area (Å²) in [5, 5.41) is 4.36. The van der Waals surface area contributed by atoms with Crippen molar-refractivity contribution in [3.8, 4) is 0 Å². The molecule has 1 heterocycles. The van der Waals surface area contributed by atoms with Crippen molar-refractivity contribution < 1.29 is 0 Å². The van der Waals surface area contributed by atoms with E-state index < -0.39 is 0 Å². The van der Waals surface area contributed by atoms with Gasteiger partial charge in [-0.25, -0.2) is 0 Å². The van der Waals surface area contributed by atoms with Gasteiger partial charge < -0.3 is 0 Å². The van der Waals surface area contributed by atoms with Crippen LogP contribution in [0.1, 0.15) is 24.7 Å². The molecule has 0 saturated carbocycles. The van der Waals surface area contributed by atoms with Gasteiger partial charge >= 0.3 is 0 Å². The Bertz CT molecular complexity index is 261. The molecule has 1 aromatic heterocycles. The Hall–Kier alpha value is -1.05. The second-order valence-corrected chi connectivity index (χ2v) is 2.92. The van der Waals surface area contributed by atoms with Crippen molar-refractivity contribution in [1.29, 1.82) is 0 Å². The average Bonchev–Trinajstić information content (AvgIpc) is 2.42. The van der Waals surface area contributed by atoms with Gasteiger partial charge in [-0.3, -0.25) is 4.68 Å². The Morgan fingerprint density at radius 3 is 3.00 bits per heavy atom. The van der Waals surface area contributed by atoms with Gasteiger partial charge in [0.05, 0.1) is 5.69 Å². The summed E-state index contributed by atoms with van der Waals surface area (Å²) in [6, 6.07) is 2.15. The molecule has 0 saturated heterocycles. The normalized spacial score (nSPS) is 10.2. The van der Waals surface area contributed by atoms with Crippen molar-refractivity contribution in [2.45, 2.75) is 33.2 Å². The number of aryl methyl sites for hydroxylation is 3. The smallest absolute Gasteiger partial charge is 0.0596 e. The van der Waals surface area contributed by atoms with Gasteiger partial charge in [-0.1, -0.05) is 6.08 Å². The molecule has 66 valence electrons. The van der Waals surface area contributed by atoms with Crippen LogP contribution in [0.5, 0.6) is 0 Å². The fraction of sp³-hybridized carbons (Fsp3) is 0.500. The summed E-state index contributed by atoms with van der Waals surface area (Å²) < 4.78 is 2.05. The molecule has 0 atom stereocenters. The van der Waals surface area contributed by atoms with E-state index in [0.29, 0.717) is 0 Å². The molecule has 1 aromatic rings. The highest BCUT2D eigenvalue weighted by molar-refractivity contribution is 5.09. The van der Waals surface area contributed by atoms with Gasteiger partial charge in [0, 0.05) is 12.2 Å². The van der Waals surface area contributed by atoms with Crippen LogP contribution in [0.3, 0.4) is 0 Å². The van der Waals surface area contributed by atoms with Crippen molar-refractivity contribution >= 4 is 0 Å². The number of rotatable bonds is 4. The van der Waals surface area contributed by atoms with Crippen molar-refractivity contribution in [1.82, 2.24) is 9.78 Å². The molecule has 0 unspecified atom stereocenters. The SMILES string of the molecule is C=CCCc1cc(C)nn1CC. The molecule has 2 heteroatoms. The van der Waals surface area contributed by atoms with Crippen LogP contribution in [0.25, 0.3) is 0 Å². The van der Waals surface area contributed by atoms with E-state index in [4.69, 9.17) is 0 Å². The third kappa shape index (κ3) is 1.97. The molecule has 0 fully saturated rings. The van der Waals surface area contributed by atoms with E-state index in [-0.39, 0.29) is 0 Å². The summed E-state index contributed by atoms with van der Waals surface area (Å²) >= 11 is 0. The zero-order valence-electron chi connectivity index (χ0n) is 7.88. The van der Waals surface area contributed by atoms with Crippen LogP contribution < -0.4 is 0 Å². The number of nitrogens with zero attached hydrogens (tertiary/aromatic N) is 2. The molecular weight excluding hydrogens is 148 g/mol. The molecular formula is C10H16N2. The first kappa shape index (κ1) is 9.04. The first-order valence-electron chi connectivity index (χ1n) is 4.42. The Kier molecular flexibility index (Phi) is 3.09. The lowest BCUT2D eigenvalue weighted by Crippen LogP contribution is -2.02. The van der Waals surface area contributed by atoms with Crippen molar-refractivity contribution in [2.24, 2.45) is 0 Å². The van der Waals surface area contributed by atoms with E-state index in [1.807, 2.05) is 13.0 Å². The lowest BCUT2D eigenvalue weighted by Gasteiger charge is -2.01. The van der Waals surface area contributed by atoms with Gasteiger partial charge in [-0.2, -0.15) is 5.10 Å². The lowest BCUT2D eigenvalue weighted by atomic mass is 10.2. The minimum absolute atomic E-state index is 0.959. The molecule has 0 aromatic carbocycles. The van der Waals surface area contributed by atoms with Crippen LogP contribution in [0.15, 0.2) is 18.7 Å². The summed E-state index contributed by atoms with van der Waals surface area (Å²) in [5.41, 5.74) is 2.42. The fourth-order valence-electron chi connectivity index (χ4n) is 1.32. The standard InChI is InChI=1S/C10H16N2/c1-4-6-7-10-8-9(3)11-12(10)5-2/h4,8H,1,5-7H2,2-3H3. The van der Waals surface area contributed by atoms with Gasteiger partial charge in [0.15, 0.2) is 0 Å². The minimum Gasteiger partial charge on any atom is -0.270 e. The highest BCUT2D eigenvalue weighted by Gasteiger charge is 2.01. The van der Waals surface area contributed by atoms with E-state index in [0.717, 1.165) is 25.1 Å². The van der Waals surface area contributed by atoms with E-state index in [2.05, 4.69) is 29.3 Å². The van der Waals surface area contributed by atoms with Crippen LogP contribution >= 0.6 is 0 Å². The molecule has 2 nitrogen and oxygen atoms in total.